The molecule has 0 radical (unpaired) electrons. The van der Waals surface area contributed by atoms with E-state index in [1.807, 2.05) is 0 Å². The summed E-state index contributed by atoms with van der Waals surface area (Å²) in [6.45, 7) is 0. The van der Waals surface area contributed by atoms with Crippen LogP contribution in [0.25, 0.3) is 0 Å². The molecule has 4 nitrogen and oxygen atoms in total. The SMILES string of the molecule is O=c1[nH]cc(C(S)c2ccc(O)cc2)[nH]1. The van der Waals surface area contributed by atoms with E-state index in [2.05, 4.69) is 22.6 Å². The molecule has 1 aromatic heterocycles. The van der Waals surface area contributed by atoms with Crippen LogP contribution in [0.4, 0.5) is 0 Å². The molecule has 0 amide bonds. The highest BCUT2D eigenvalue weighted by Gasteiger charge is 2.10. The number of phenols is 1. The van der Waals surface area contributed by atoms with Crippen molar-refractivity contribution in [3.05, 3.63) is 52.2 Å². The van der Waals surface area contributed by atoms with E-state index in [0.29, 0.717) is 5.69 Å². The van der Waals surface area contributed by atoms with Gasteiger partial charge in [0.25, 0.3) is 0 Å². The second kappa shape index (κ2) is 3.86. The second-order valence-electron chi connectivity index (χ2n) is 3.19. The fraction of sp³-hybridized carbons (Fsp3) is 0.100. The van der Waals surface area contributed by atoms with E-state index in [1.54, 1.807) is 30.5 Å². The van der Waals surface area contributed by atoms with Crippen molar-refractivity contribution in [1.29, 1.82) is 0 Å². The molecule has 0 aliphatic heterocycles. The lowest BCUT2D eigenvalue weighted by atomic mass is 10.1. The maximum atomic E-state index is 10.9. The first-order valence-electron chi connectivity index (χ1n) is 4.41. The van der Waals surface area contributed by atoms with E-state index in [1.165, 1.54) is 0 Å². The van der Waals surface area contributed by atoms with Gasteiger partial charge in [-0.2, -0.15) is 12.6 Å². The Bertz CT molecular complexity index is 501. The number of H-pyrrole nitrogens is 2. The van der Waals surface area contributed by atoms with Gasteiger partial charge in [0.1, 0.15) is 5.75 Å². The number of aromatic amines is 2. The lowest BCUT2D eigenvalue weighted by Crippen LogP contribution is -2.02. The van der Waals surface area contributed by atoms with Crippen LogP contribution in [0.5, 0.6) is 5.75 Å². The first-order chi connectivity index (χ1) is 7.16. The number of benzene rings is 1. The van der Waals surface area contributed by atoms with Crippen LogP contribution in [0.2, 0.25) is 0 Å². The lowest BCUT2D eigenvalue weighted by molar-refractivity contribution is 0.475. The van der Waals surface area contributed by atoms with Gasteiger partial charge in [0, 0.05) is 6.20 Å². The predicted molar refractivity (Wildman–Crippen MR) is 60.3 cm³/mol. The van der Waals surface area contributed by atoms with E-state index in [9.17, 15) is 4.79 Å². The zero-order chi connectivity index (χ0) is 10.8. The standard InChI is InChI=1S/C10H10N2O2S/c13-7-3-1-6(2-4-7)9(15)8-5-11-10(14)12-8/h1-5,9,13,15H,(H2,11,12,14). The summed E-state index contributed by atoms with van der Waals surface area (Å²) in [4.78, 5) is 16.1. The van der Waals surface area contributed by atoms with Crippen molar-refractivity contribution >= 4 is 12.6 Å². The molecular weight excluding hydrogens is 212 g/mol. The molecule has 1 atom stereocenters. The van der Waals surface area contributed by atoms with E-state index < -0.39 is 0 Å². The summed E-state index contributed by atoms with van der Waals surface area (Å²) in [5.74, 6) is 0.210. The maximum absolute atomic E-state index is 10.9. The molecule has 0 bridgehead atoms. The summed E-state index contributed by atoms with van der Waals surface area (Å²) in [5.41, 5.74) is 1.36. The molecule has 15 heavy (non-hydrogen) atoms. The number of nitrogens with one attached hydrogen (secondary N) is 2. The minimum absolute atomic E-state index is 0.204. The number of hydrogen-bond donors (Lipinski definition) is 4. The van der Waals surface area contributed by atoms with Crippen molar-refractivity contribution < 1.29 is 5.11 Å². The maximum Gasteiger partial charge on any atom is 0.323 e. The summed E-state index contributed by atoms with van der Waals surface area (Å²) in [7, 11) is 0. The van der Waals surface area contributed by atoms with Crippen molar-refractivity contribution in [2.24, 2.45) is 0 Å². The van der Waals surface area contributed by atoms with Gasteiger partial charge in [-0.3, -0.25) is 0 Å². The Morgan fingerprint density at radius 1 is 1.27 bits per heavy atom. The molecule has 2 aromatic rings. The Kier molecular flexibility index (Phi) is 2.55. The number of aromatic hydroxyl groups is 1. The zero-order valence-corrected chi connectivity index (χ0v) is 8.66. The molecule has 5 heteroatoms. The molecule has 1 heterocycles. The van der Waals surface area contributed by atoms with E-state index in [0.717, 1.165) is 5.56 Å². The van der Waals surface area contributed by atoms with Gasteiger partial charge in [0.2, 0.25) is 0 Å². The minimum atomic E-state index is -0.247. The molecule has 2 rings (SSSR count). The smallest absolute Gasteiger partial charge is 0.323 e. The minimum Gasteiger partial charge on any atom is -0.508 e. The lowest BCUT2D eigenvalue weighted by Gasteiger charge is -2.08. The molecule has 0 saturated heterocycles. The van der Waals surface area contributed by atoms with Gasteiger partial charge >= 0.3 is 5.69 Å². The third kappa shape index (κ3) is 2.07. The molecule has 1 aromatic carbocycles. The number of imidazole rings is 1. The van der Waals surface area contributed by atoms with Crippen LogP contribution >= 0.6 is 12.6 Å². The number of phenolic OH excluding ortho intramolecular Hbond substituents is 1. The number of thiol groups is 1. The first kappa shape index (κ1) is 9.92. The van der Waals surface area contributed by atoms with Crippen molar-refractivity contribution in [3.8, 4) is 5.75 Å². The third-order valence-electron chi connectivity index (χ3n) is 2.12. The van der Waals surface area contributed by atoms with Crippen molar-refractivity contribution in [1.82, 2.24) is 9.97 Å². The van der Waals surface area contributed by atoms with Crippen LogP contribution < -0.4 is 5.69 Å². The van der Waals surface area contributed by atoms with E-state index in [-0.39, 0.29) is 16.7 Å². The zero-order valence-electron chi connectivity index (χ0n) is 7.77. The van der Waals surface area contributed by atoms with Gasteiger partial charge in [0.15, 0.2) is 0 Å². The Labute approximate surface area is 91.4 Å². The van der Waals surface area contributed by atoms with Crippen molar-refractivity contribution in [2.45, 2.75) is 5.25 Å². The molecule has 0 fully saturated rings. The summed E-state index contributed by atoms with van der Waals surface area (Å²) in [5, 5.41) is 8.92. The number of rotatable bonds is 2. The Hall–Kier alpha value is -1.62. The van der Waals surface area contributed by atoms with Gasteiger partial charge in [-0.05, 0) is 17.7 Å². The highest BCUT2D eigenvalue weighted by atomic mass is 32.1. The average molecular weight is 222 g/mol. The van der Waals surface area contributed by atoms with Crippen LogP contribution in [0.1, 0.15) is 16.5 Å². The summed E-state index contributed by atoms with van der Waals surface area (Å²) >= 11 is 4.38. The van der Waals surface area contributed by atoms with Crippen LogP contribution in [0.3, 0.4) is 0 Å². The van der Waals surface area contributed by atoms with Crippen LogP contribution in [0.15, 0.2) is 35.3 Å². The van der Waals surface area contributed by atoms with Crippen LogP contribution in [-0.4, -0.2) is 15.1 Å². The molecule has 0 aliphatic carbocycles. The van der Waals surface area contributed by atoms with Crippen LogP contribution in [0, 0.1) is 0 Å². The normalized spacial score (nSPS) is 12.6. The summed E-state index contributed by atoms with van der Waals surface area (Å²) in [6, 6.07) is 6.70. The molecule has 0 saturated carbocycles. The van der Waals surface area contributed by atoms with Gasteiger partial charge in [0.05, 0.1) is 10.9 Å². The highest BCUT2D eigenvalue weighted by Crippen LogP contribution is 2.26. The third-order valence-corrected chi connectivity index (χ3v) is 2.70. The molecule has 78 valence electrons. The average Bonchev–Trinajstić information content (AvgIpc) is 2.65. The quantitative estimate of drug-likeness (QED) is 0.581. The number of hydrogen-bond acceptors (Lipinski definition) is 3. The van der Waals surface area contributed by atoms with E-state index >= 15 is 0 Å². The molecule has 0 spiro atoms. The summed E-state index contributed by atoms with van der Waals surface area (Å²) in [6.07, 6.45) is 1.59. The van der Waals surface area contributed by atoms with Gasteiger partial charge in [-0.25, -0.2) is 4.79 Å². The van der Waals surface area contributed by atoms with Gasteiger partial charge in [-0.15, -0.1) is 0 Å². The molecule has 3 N–H and O–H groups in total. The van der Waals surface area contributed by atoms with Gasteiger partial charge in [-0.1, -0.05) is 12.1 Å². The summed E-state index contributed by atoms with van der Waals surface area (Å²) < 4.78 is 0. The second-order valence-corrected chi connectivity index (χ2v) is 3.71. The fourth-order valence-corrected chi connectivity index (χ4v) is 1.64. The Morgan fingerprint density at radius 2 is 1.93 bits per heavy atom. The molecule has 1 unspecified atom stereocenters. The molecular formula is C10H10N2O2S. The van der Waals surface area contributed by atoms with Crippen LogP contribution in [-0.2, 0) is 0 Å². The molecule has 0 aliphatic rings. The first-order valence-corrected chi connectivity index (χ1v) is 4.93. The van der Waals surface area contributed by atoms with E-state index in [4.69, 9.17) is 5.11 Å². The topological polar surface area (TPSA) is 68.9 Å². The van der Waals surface area contributed by atoms with Crippen molar-refractivity contribution in [3.63, 3.8) is 0 Å². The van der Waals surface area contributed by atoms with Crippen molar-refractivity contribution in [2.75, 3.05) is 0 Å². The Balaban J connectivity index is 2.31. The monoisotopic (exact) mass is 222 g/mol. The number of aromatic nitrogens is 2. The highest BCUT2D eigenvalue weighted by molar-refractivity contribution is 7.80. The largest absolute Gasteiger partial charge is 0.508 e. The Morgan fingerprint density at radius 3 is 2.47 bits per heavy atom. The fourth-order valence-electron chi connectivity index (χ4n) is 1.33. The van der Waals surface area contributed by atoms with Gasteiger partial charge < -0.3 is 15.1 Å². The predicted octanol–water partition coefficient (Wildman–Crippen LogP) is 1.43.